The molecule has 16 heavy (non-hydrogen) atoms. The van der Waals surface area contributed by atoms with Gasteiger partial charge in [-0.25, -0.2) is 4.79 Å². The molecular formula is C11H17NO3S. The molecule has 90 valence electrons. The minimum absolute atomic E-state index is 0.0817. The van der Waals surface area contributed by atoms with Crippen LogP contribution in [0, 0.1) is 0 Å². The molecule has 0 aromatic heterocycles. The van der Waals surface area contributed by atoms with Crippen molar-refractivity contribution in [3.8, 4) is 0 Å². The summed E-state index contributed by atoms with van der Waals surface area (Å²) in [5.74, 6) is 0.480. The molecule has 2 aliphatic heterocycles. The number of carbonyl (C=O) groups excluding carboxylic acids is 2. The second-order valence-electron chi connectivity index (χ2n) is 4.75. The normalized spacial score (nSPS) is 33.4. The van der Waals surface area contributed by atoms with Gasteiger partial charge in [0, 0.05) is 12.2 Å². The lowest BCUT2D eigenvalue weighted by Crippen LogP contribution is -2.47. The lowest BCUT2D eigenvalue weighted by atomic mass is 10.2. The molecule has 2 heterocycles. The Balaban J connectivity index is 2.13. The molecule has 1 amide bonds. The summed E-state index contributed by atoms with van der Waals surface area (Å²) in [6, 6.07) is -0.382. The van der Waals surface area contributed by atoms with Crippen LogP contribution in [-0.4, -0.2) is 39.5 Å². The maximum Gasteiger partial charge on any atom is 0.330 e. The Labute approximate surface area is 99.7 Å². The van der Waals surface area contributed by atoms with Gasteiger partial charge in [0.25, 0.3) is 0 Å². The number of fused-ring (bicyclic) bond motifs is 1. The number of amides is 1. The van der Waals surface area contributed by atoms with Crippen LogP contribution in [0.15, 0.2) is 0 Å². The van der Waals surface area contributed by atoms with E-state index in [4.69, 9.17) is 4.74 Å². The summed E-state index contributed by atoms with van der Waals surface area (Å²) in [7, 11) is 0. The number of carbonyl (C=O) groups is 2. The standard InChI is InChI=1S/C11H17NO3S/c1-7(2)15-10(14)8-6-16-11(3)5-4-9(13)12(8)11/h7-8H,4-6H2,1-3H3/t8-,11-/m0/s1. The third-order valence-corrected chi connectivity index (χ3v) is 4.57. The highest BCUT2D eigenvalue weighted by molar-refractivity contribution is 8.01. The Morgan fingerprint density at radius 2 is 2.31 bits per heavy atom. The monoisotopic (exact) mass is 243 g/mol. The first-order valence-electron chi connectivity index (χ1n) is 5.61. The van der Waals surface area contributed by atoms with Crippen molar-refractivity contribution >= 4 is 23.6 Å². The minimum Gasteiger partial charge on any atom is -0.461 e. The van der Waals surface area contributed by atoms with E-state index < -0.39 is 0 Å². The van der Waals surface area contributed by atoms with Crippen LogP contribution in [0.2, 0.25) is 0 Å². The Morgan fingerprint density at radius 3 is 2.94 bits per heavy atom. The van der Waals surface area contributed by atoms with Gasteiger partial charge in [0.1, 0.15) is 6.04 Å². The predicted molar refractivity (Wildman–Crippen MR) is 62.0 cm³/mol. The third kappa shape index (κ3) is 1.81. The first-order valence-corrected chi connectivity index (χ1v) is 6.59. The van der Waals surface area contributed by atoms with Crippen molar-refractivity contribution in [2.24, 2.45) is 0 Å². The van der Waals surface area contributed by atoms with Gasteiger partial charge in [-0.05, 0) is 27.2 Å². The van der Waals surface area contributed by atoms with E-state index in [9.17, 15) is 9.59 Å². The number of hydrogen-bond donors (Lipinski definition) is 0. The van der Waals surface area contributed by atoms with E-state index in [-0.39, 0.29) is 28.9 Å². The van der Waals surface area contributed by atoms with E-state index in [1.807, 2.05) is 20.8 Å². The molecule has 5 heteroatoms. The Bertz CT molecular complexity index is 331. The summed E-state index contributed by atoms with van der Waals surface area (Å²) in [5.41, 5.74) is 0. The predicted octanol–water partition coefficient (Wildman–Crippen LogP) is 1.39. The second kappa shape index (κ2) is 3.95. The fraction of sp³-hybridized carbons (Fsp3) is 0.818. The number of thioether (sulfide) groups is 1. The minimum atomic E-state index is -0.382. The first kappa shape index (κ1) is 11.8. The van der Waals surface area contributed by atoms with Crippen molar-refractivity contribution in [3.05, 3.63) is 0 Å². The Kier molecular flexibility index (Phi) is 2.90. The van der Waals surface area contributed by atoms with Crippen LogP contribution in [0.25, 0.3) is 0 Å². The quantitative estimate of drug-likeness (QED) is 0.688. The van der Waals surface area contributed by atoms with Crippen LogP contribution in [0.3, 0.4) is 0 Å². The van der Waals surface area contributed by atoms with E-state index in [0.29, 0.717) is 12.2 Å². The highest BCUT2D eigenvalue weighted by atomic mass is 32.2. The summed E-state index contributed by atoms with van der Waals surface area (Å²) in [6.07, 6.45) is 1.26. The molecule has 2 atom stereocenters. The number of hydrogen-bond acceptors (Lipinski definition) is 4. The van der Waals surface area contributed by atoms with Crippen LogP contribution in [-0.2, 0) is 14.3 Å². The summed E-state index contributed by atoms with van der Waals surface area (Å²) in [4.78, 5) is 25.2. The van der Waals surface area contributed by atoms with Gasteiger partial charge in [0.2, 0.25) is 5.91 Å². The summed E-state index contributed by atoms with van der Waals surface area (Å²) in [6.45, 7) is 5.68. The molecule has 0 spiro atoms. The van der Waals surface area contributed by atoms with Gasteiger partial charge >= 0.3 is 5.97 Å². The average Bonchev–Trinajstić information content (AvgIpc) is 2.64. The lowest BCUT2D eigenvalue weighted by molar-refractivity contribution is -0.156. The van der Waals surface area contributed by atoms with Gasteiger partial charge in [-0.15, -0.1) is 11.8 Å². The third-order valence-electron chi connectivity index (χ3n) is 3.07. The molecule has 2 aliphatic rings. The number of esters is 1. The average molecular weight is 243 g/mol. The van der Waals surface area contributed by atoms with Gasteiger partial charge in [0.05, 0.1) is 11.0 Å². The Hall–Kier alpha value is -0.710. The molecule has 4 nitrogen and oxygen atoms in total. The van der Waals surface area contributed by atoms with E-state index in [1.165, 1.54) is 0 Å². The molecule has 0 aliphatic carbocycles. The van der Waals surface area contributed by atoms with Gasteiger partial charge < -0.3 is 9.64 Å². The molecule has 0 radical (unpaired) electrons. The fourth-order valence-corrected chi connectivity index (χ4v) is 3.72. The molecule has 2 saturated heterocycles. The van der Waals surface area contributed by atoms with E-state index in [0.717, 1.165) is 6.42 Å². The van der Waals surface area contributed by atoms with E-state index >= 15 is 0 Å². The van der Waals surface area contributed by atoms with Gasteiger partial charge in [-0.3, -0.25) is 4.79 Å². The van der Waals surface area contributed by atoms with Crippen LogP contribution in [0.4, 0.5) is 0 Å². The summed E-state index contributed by atoms with van der Waals surface area (Å²) < 4.78 is 5.19. The van der Waals surface area contributed by atoms with Gasteiger partial charge in [-0.1, -0.05) is 0 Å². The molecule has 2 rings (SSSR count). The zero-order valence-electron chi connectivity index (χ0n) is 9.86. The van der Waals surface area contributed by atoms with Crippen LogP contribution < -0.4 is 0 Å². The largest absolute Gasteiger partial charge is 0.461 e. The van der Waals surface area contributed by atoms with Crippen molar-refractivity contribution in [3.63, 3.8) is 0 Å². The molecule has 0 aromatic carbocycles. The van der Waals surface area contributed by atoms with Crippen molar-refractivity contribution < 1.29 is 14.3 Å². The van der Waals surface area contributed by atoms with Crippen LogP contribution in [0.1, 0.15) is 33.6 Å². The number of nitrogens with zero attached hydrogens (tertiary/aromatic N) is 1. The highest BCUT2D eigenvalue weighted by Gasteiger charge is 2.53. The zero-order chi connectivity index (χ0) is 11.9. The summed E-state index contributed by atoms with van der Waals surface area (Å²) >= 11 is 1.69. The number of ether oxygens (including phenoxy) is 1. The molecule has 0 saturated carbocycles. The first-order chi connectivity index (χ1) is 7.44. The van der Waals surface area contributed by atoms with Gasteiger partial charge in [-0.2, -0.15) is 0 Å². The van der Waals surface area contributed by atoms with Crippen LogP contribution >= 0.6 is 11.8 Å². The van der Waals surface area contributed by atoms with Crippen molar-refractivity contribution in [2.75, 3.05) is 5.75 Å². The molecular weight excluding hydrogens is 226 g/mol. The highest BCUT2D eigenvalue weighted by Crippen LogP contribution is 2.47. The SMILES string of the molecule is CC(C)OC(=O)[C@@H]1CS[C@@]2(C)CCC(=O)N12. The Morgan fingerprint density at radius 1 is 1.62 bits per heavy atom. The molecule has 0 unspecified atom stereocenters. The maximum absolute atomic E-state index is 11.9. The lowest BCUT2D eigenvalue weighted by Gasteiger charge is -2.29. The van der Waals surface area contributed by atoms with Crippen molar-refractivity contribution in [1.82, 2.24) is 4.90 Å². The fourth-order valence-electron chi connectivity index (χ4n) is 2.31. The van der Waals surface area contributed by atoms with Crippen molar-refractivity contribution in [2.45, 2.75) is 50.6 Å². The zero-order valence-corrected chi connectivity index (χ0v) is 10.7. The molecule has 0 bridgehead atoms. The topological polar surface area (TPSA) is 46.6 Å². The smallest absolute Gasteiger partial charge is 0.330 e. The maximum atomic E-state index is 11.9. The summed E-state index contributed by atoms with van der Waals surface area (Å²) in [5, 5.41) is 0. The second-order valence-corrected chi connectivity index (χ2v) is 6.25. The van der Waals surface area contributed by atoms with Crippen LogP contribution in [0.5, 0.6) is 0 Å². The van der Waals surface area contributed by atoms with Crippen molar-refractivity contribution in [1.29, 1.82) is 0 Å². The molecule has 2 fully saturated rings. The molecule has 0 aromatic rings. The van der Waals surface area contributed by atoms with E-state index in [1.54, 1.807) is 16.7 Å². The molecule has 0 N–H and O–H groups in total. The van der Waals surface area contributed by atoms with E-state index in [2.05, 4.69) is 0 Å². The number of rotatable bonds is 2. The van der Waals surface area contributed by atoms with Gasteiger partial charge in [0.15, 0.2) is 0 Å².